The van der Waals surface area contributed by atoms with Crippen molar-refractivity contribution in [1.29, 1.82) is 0 Å². The first-order valence-corrected chi connectivity index (χ1v) is 17.8. The van der Waals surface area contributed by atoms with Gasteiger partial charge in [-0.15, -0.1) is 0 Å². The maximum absolute atomic E-state index is 6.59. The number of benzene rings is 8. The van der Waals surface area contributed by atoms with Crippen molar-refractivity contribution in [3.05, 3.63) is 170 Å². The van der Waals surface area contributed by atoms with Crippen molar-refractivity contribution in [2.24, 2.45) is 0 Å². The van der Waals surface area contributed by atoms with E-state index in [9.17, 15) is 0 Å². The number of rotatable bonds is 4. The van der Waals surface area contributed by atoms with E-state index in [1.165, 1.54) is 16.3 Å². The van der Waals surface area contributed by atoms with Crippen LogP contribution in [0.25, 0.3) is 82.5 Å². The first-order chi connectivity index (χ1) is 26.2. The van der Waals surface area contributed by atoms with Crippen molar-refractivity contribution in [3.8, 4) is 28.3 Å². The van der Waals surface area contributed by atoms with Crippen LogP contribution in [0.4, 0.5) is 17.1 Å². The highest BCUT2D eigenvalue weighted by atomic mass is 16.5. The Morgan fingerprint density at radius 2 is 0.943 bits per heavy atom. The van der Waals surface area contributed by atoms with Gasteiger partial charge in [0, 0.05) is 61.5 Å². The molecule has 0 fully saturated rings. The summed E-state index contributed by atoms with van der Waals surface area (Å²) in [6.45, 7) is 0. The van der Waals surface area contributed by atoms with Gasteiger partial charge in [-0.25, -0.2) is 0 Å². The van der Waals surface area contributed by atoms with Gasteiger partial charge in [-0.2, -0.15) is 0 Å². The lowest BCUT2D eigenvalue weighted by molar-refractivity contribution is 0.476. The number of aromatic nitrogens is 1. The zero-order valence-electron chi connectivity index (χ0n) is 28.3. The number of fused-ring (bicyclic) bond motifs is 11. The number of hydrogen-bond acceptors (Lipinski definition) is 4. The average Bonchev–Trinajstić information content (AvgIpc) is 3.88. The third kappa shape index (κ3) is 4.13. The fraction of sp³-hybridized carbons (Fsp3) is 0. The highest BCUT2D eigenvalue weighted by Gasteiger charge is 2.24. The highest BCUT2D eigenvalue weighted by Crippen LogP contribution is 2.47. The molecule has 4 heterocycles. The Hall–Kier alpha value is -7.24. The topological polar surface area (TPSA) is 43.7 Å². The predicted octanol–water partition coefficient (Wildman–Crippen LogP) is 13.8. The Kier molecular flexibility index (Phi) is 5.71. The summed E-state index contributed by atoms with van der Waals surface area (Å²) in [6.07, 6.45) is 0. The van der Waals surface area contributed by atoms with E-state index < -0.39 is 0 Å². The normalized spacial score (nSPS) is 12.3. The molecule has 1 aliphatic heterocycles. The highest BCUT2D eigenvalue weighted by molar-refractivity contribution is 6.12. The van der Waals surface area contributed by atoms with Crippen LogP contribution in [0.5, 0.6) is 11.5 Å². The van der Waals surface area contributed by atoms with Crippen LogP contribution in [-0.2, 0) is 0 Å². The van der Waals surface area contributed by atoms with Gasteiger partial charge in [0.1, 0.15) is 22.3 Å². The molecule has 0 atom stereocenters. The smallest absolute Gasteiger partial charge is 0.152 e. The largest absolute Gasteiger partial charge is 0.456 e. The molecule has 5 heteroatoms. The lowest BCUT2D eigenvalue weighted by atomic mass is 10.0. The molecule has 1 aliphatic rings. The Morgan fingerprint density at radius 3 is 1.64 bits per heavy atom. The Morgan fingerprint density at radius 1 is 0.377 bits per heavy atom. The van der Waals surface area contributed by atoms with Gasteiger partial charge >= 0.3 is 0 Å². The fourth-order valence-corrected chi connectivity index (χ4v) is 8.36. The van der Waals surface area contributed by atoms with Crippen LogP contribution in [0.15, 0.2) is 179 Å². The molecule has 0 unspecified atom stereocenters. The minimum Gasteiger partial charge on any atom is -0.456 e. The van der Waals surface area contributed by atoms with Crippen LogP contribution in [0, 0.1) is 0 Å². The van der Waals surface area contributed by atoms with Crippen molar-refractivity contribution in [2.45, 2.75) is 0 Å². The first-order valence-electron chi connectivity index (χ1n) is 17.8. The van der Waals surface area contributed by atoms with E-state index in [-0.39, 0.29) is 0 Å². The number of ether oxygens (including phenoxy) is 1. The van der Waals surface area contributed by atoms with Crippen LogP contribution in [0.3, 0.4) is 0 Å². The second-order valence-corrected chi connectivity index (χ2v) is 13.7. The summed E-state index contributed by atoms with van der Waals surface area (Å²) in [5.74, 6) is 1.71. The molecular weight excluding hydrogens is 653 g/mol. The van der Waals surface area contributed by atoms with E-state index in [1.54, 1.807) is 0 Å². The van der Waals surface area contributed by atoms with Gasteiger partial charge in [-0.3, -0.25) is 0 Å². The molecule has 12 rings (SSSR count). The lowest BCUT2D eigenvalue weighted by Gasteiger charge is -2.26. The summed E-state index contributed by atoms with van der Waals surface area (Å²) in [7, 11) is 0. The molecule has 5 nitrogen and oxygen atoms in total. The van der Waals surface area contributed by atoms with Crippen LogP contribution >= 0.6 is 0 Å². The summed E-state index contributed by atoms with van der Waals surface area (Å²) in [5.41, 5.74) is 12.0. The van der Waals surface area contributed by atoms with E-state index in [0.717, 1.165) is 94.8 Å². The number of hydrogen-bond donors (Lipinski definition) is 0. The van der Waals surface area contributed by atoms with Crippen molar-refractivity contribution >= 4 is 82.7 Å². The molecule has 0 spiro atoms. The van der Waals surface area contributed by atoms with E-state index in [0.29, 0.717) is 0 Å². The quantitative estimate of drug-likeness (QED) is 0.186. The van der Waals surface area contributed by atoms with E-state index in [1.807, 2.05) is 24.3 Å². The Bertz CT molecular complexity index is 3160. The summed E-state index contributed by atoms with van der Waals surface area (Å²) < 4.78 is 21.6. The number of furan rings is 2. The van der Waals surface area contributed by atoms with Crippen LogP contribution in [0.2, 0.25) is 0 Å². The molecule has 0 radical (unpaired) electrons. The van der Waals surface area contributed by atoms with Crippen molar-refractivity contribution < 1.29 is 13.6 Å². The van der Waals surface area contributed by atoms with Crippen LogP contribution < -0.4 is 9.64 Å². The SMILES string of the molecule is c1ccc2c(c1)oc1cc(N(c3ccc(-c4ccc5c(c4)Oc4cccc6c7ccccc7n-5c46)cc3)c3ccc4c(c3)oc3ccccc34)ccc12. The molecular formula is C48H28N2O3. The summed E-state index contributed by atoms with van der Waals surface area (Å²) in [6, 6.07) is 59.4. The molecule has 0 saturated heterocycles. The molecule has 0 aliphatic carbocycles. The van der Waals surface area contributed by atoms with Crippen LogP contribution in [-0.4, -0.2) is 4.57 Å². The van der Waals surface area contributed by atoms with Gasteiger partial charge in [-0.1, -0.05) is 84.9 Å². The first kappa shape index (κ1) is 28.5. The number of nitrogens with zero attached hydrogens (tertiary/aromatic N) is 2. The minimum atomic E-state index is 0.841. The van der Waals surface area contributed by atoms with E-state index in [2.05, 4.69) is 155 Å². The van der Waals surface area contributed by atoms with Crippen LogP contribution in [0.1, 0.15) is 0 Å². The molecule has 3 aromatic heterocycles. The monoisotopic (exact) mass is 680 g/mol. The minimum absolute atomic E-state index is 0.841. The maximum Gasteiger partial charge on any atom is 0.152 e. The van der Waals surface area contributed by atoms with E-state index in [4.69, 9.17) is 13.6 Å². The third-order valence-electron chi connectivity index (χ3n) is 10.8. The maximum atomic E-state index is 6.59. The zero-order valence-corrected chi connectivity index (χ0v) is 28.3. The van der Waals surface area contributed by atoms with Gasteiger partial charge in [0.25, 0.3) is 0 Å². The van der Waals surface area contributed by atoms with Gasteiger partial charge in [0.15, 0.2) is 11.5 Å². The summed E-state index contributed by atoms with van der Waals surface area (Å²) in [4.78, 5) is 2.26. The predicted molar refractivity (Wildman–Crippen MR) is 216 cm³/mol. The molecule has 0 saturated carbocycles. The molecule has 8 aromatic carbocycles. The second-order valence-electron chi connectivity index (χ2n) is 13.7. The fourth-order valence-electron chi connectivity index (χ4n) is 8.36. The van der Waals surface area contributed by atoms with Gasteiger partial charge < -0.3 is 23.0 Å². The van der Waals surface area contributed by atoms with Crippen molar-refractivity contribution in [3.63, 3.8) is 0 Å². The molecule has 248 valence electrons. The van der Waals surface area contributed by atoms with Gasteiger partial charge in [0.2, 0.25) is 0 Å². The molecule has 0 bridgehead atoms. The number of para-hydroxylation sites is 4. The van der Waals surface area contributed by atoms with Gasteiger partial charge in [0.05, 0.1) is 16.7 Å². The van der Waals surface area contributed by atoms with Crippen molar-refractivity contribution in [1.82, 2.24) is 4.57 Å². The summed E-state index contributed by atoms with van der Waals surface area (Å²) in [5, 5.41) is 6.84. The lowest BCUT2D eigenvalue weighted by Crippen LogP contribution is -2.09. The van der Waals surface area contributed by atoms with Crippen molar-refractivity contribution in [2.75, 3.05) is 4.90 Å². The Labute approximate surface area is 303 Å². The molecule has 0 amide bonds. The molecule has 0 N–H and O–H groups in total. The van der Waals surface area contributed by atoms with E-state index >= 15 is 0 Å². The molecule has 11 aromatic rings. The third-order valence-corrected chi connectivity index (χ3v) is 10.8. The summed E-state index contributed by atoms with van der Waals surface area (Å²) >= 11 is 0. The number of anilines is 3. The zero-order chi connectivity index (χ0) is 34.6. The average molecular weight is 681 g/mol. The standard InChI is InChI=1S/C48H28N2O3/c1-4-12-40-34(8-1)39-11-7-15-44-48(39)50(40)41-25-18-30(26-47(41)53-44)29-16-19-31(20-17-29)49(32-21-23-37-35-9-2-5-13-42(35)51-45(37)27-32)33-22-24-38-36-10-3-6-14-43(36)52-46(38)28-33/h1-28H. The Balaban J connectivity index is 0.974. The van der Waals surface area contributed by atoms with Gasteiger partial charge in [-0.05, 0) is 83.9 Å². The molecule has 53 heavy (non-hydrogen) atoms. The second kappa shape index (κ2) is 10.6.